The highest BCUT2D eigenvalue weighted by Gasteiger charge is 2.15. The molecule has 0 aliphatic heterocycles. The van der Waals surface area contributed by atoms with Crippen LogP contribution < -0.4 is 0 Å². The highest BCUT2D eigenvalue weighted by atomic mass is 79.9. The molecule has 0 spiro atoms. The summed E-state index contributed by atoms with van der Waals surface area (Å²) < 4.78 is 5.74. The fraction of sp³-hybridized carbons (Fsp3) is 0.455. The number of hydrogen-bond donors (Lipinski definition) is 1. The van der Waals surface area contributed by atoms with E-state index in [2.05, 4.69) is 20.9 Å². The Morgan fingerprint density at radius 1 is 1.53 bits per heavy atom. The molecular weight excluding hydrogens is 288 g/mol. The predicted molar refractivity (Wildman–Crippen MR) is 66.8 cm³/mol. The first kappa shape index (κ1) is 14.1. The number of carbonyl (C=O) groups is 1. The molecule has 1 rings (SSSR count). The van der Waals surface area contributed by atoms with Gasteiger partial charge >= 0.3 is 0 Å². The summed E-state index contributed by atoms with van der Waals surface area (Å²) in [4.78, 5) is 17.6. The minimum absolute atomic E-state index is 0.0774. The molecule has 0 radical (unpaired) electrons. The average Bonchev–Trinajstić information content (AvgIpc) is 2.34. The highest BCUT2D eigenvalue weighted by molar-refractivity contribution is 9.10. The molecule has 1 heterocycles. The number of nitrogens with zero attached hydrogens (tertiary/aromatic N) is 2. The van der Waals surface area contributed by atoms with Crippen LogP contribution in [0.1, 0.15) is 10.5 Å². The first-order chi connectivity index (χ1) is 8.19. The van der Waals surface area contributed by atoms with Crippen molar-refractivity contribution in [2.75, 3.05) is 33.4 Å². The topological polar surface area (TPSA) is 62.7 Å². The molecule has 5 nitrogen and oxygen atoms in total. The second-order valence-corrected chi connectivity index (χ2v) is 4.29. The number of pyridine rings is 1. The van der Waals surface area contributed by atoms with Gasteiger partial charge in [-0.3, -0.25) is 4.79 Å². The molecule has 0 saturated heterocycles. The van der Waals surface area contributed by atoms with E-state index in [1.807, 2.05) is 0 Å². The summed E-state index contributed by atoms with van der Waals surface area (Å²) in [5, 5.41) is 8.91. The largest absolute Gasteiger partial charge is 0.395 e. The number of methoxy groups -OCH3 is 1. The maximum absolute atomic E-state index is 12.0. The molecule has 0 saturated carbocycles. The van der Waals surface area contributed by atoms with E-state index in [1.54, 1.807) is 25.4 Å². The Balaban J connectivity index is 2.72. The number of aromatic nitrogens is 1. The molecular formula is C11H15BrN2O3. The summed E-state index contributed by atoms with van der Waals surface area (Å²) in [5.74, 6) is -0.205. The van der Waals surface area contributed by atoms with Gasteiger partial charge in [0.25, 0.3) is 5.91 Å². The van der Waals surface area contributed by atoms with E-state index in [4.69, 9.17) is 9.84 Å². The summed E-state index contributed by atoms with van der Waals surface area (Å²) in [7, 11) is 1.57. The van der Waals surface area contributed by atoms with E-state index in [-0.39, 0.29) is 19.1 Å². The van der Waals surface area contributed by atoms with E-state index < -0.39 is 0 Å². The number of hydrogen-bond acceptors (Lipinski definition) is 4. The SMILES string of the molecule is COCCN(CCO)C(=O)c1ccc(Br)cn1. The second kappa shape index (κ2) is 7.37. The van der Waals surface area contributed by atoms with Crippen LogP contribution in [-0.2, 0) is 4.74 Å². The summed E-state index contributed by atoms with van der Waals surface area (Å²) in [5.41, 5.74) is 0.359. The minimum Gasteiger partial charge on any atom is -0.395 e. The van der Waals surface area contributed by atoms with Crippen molar-refractivity contribution in [3.8, 4) is 0 Å². The number of carbonyl (C=O) groups excluding carboxylic acids is 1. The first-order valence-corrected chi connectivity index (χ1v) is 5.99. The van der Waals surface area contributed by atoms with Crippen LogP contribution in [-0.4, -0.2) is 54.3 Å². The lowest BCUT2D eigenvalue weighted by Crippen LogP contribution is -2.36. The van der Waals surface area contributed by atoms with E-state index in [9.17, 15) is 4.79 Å². The number of halogens is 1. The molecule has 94 valence electrons. The Kier molecular flexibility index (Phi) is 6.10. The average molecular weight is 303 g/mol. The van der Waals surface area contributed by atoms with E-state index in [0.717, 1.165) is 4.47 Å². The van der Waals surface area contributed by atoms with Crippen molar-refractivity contribution in [1.29, 1.82) is 0 Å². The zero-order chi connectivity index (χ0) is 12.7. The molecule has 1 aromatic rings. The molecule has 1 amide bonds. The normalized spacial score (nSPS) is 10.3. The van der Waals surface area contributed by atoms with Crippen LogP contribution in [0.3, 0.4) is 0 Å². The molecule has 0 fully saturated rings. The predicted octanol–water partition coefficient (Wildman–Crippen LogP) is 0.925. The maximum Gasteiger partial charge on any atom is 0.272 e. The Morgan fingerprint density at radius 3 is 2.82 bits per heavy atom. The number of ether oxygens (including phenoxy) is 1. The van der Waals surface area contributed by atoms with Gasteiger partial charge < -0.3 is 14.7 Å². The Morgan fingerprint density at radius 2 is 2.29 bits per heavy atom. The molecule has 0 unspecified atom stereocenters. The third kappa shape index (κ3) is 4.41. The van der Waals surface area contributed by atoms with Gasteiger partial charge in [-0.05, 0) is 28.1 Å². The monoisotopic (exact) mass is 302 g/mol. The van der Waals surface area contributed by atoms with Gasteiger partial charge in [0.1, 0.15) is 5.69 Å². The molecule has 1 aromatic heterocycles. The van der Waals surface area contributed by atoms with E-state index in [1.165, 1.54) is 4.90 Å². The van der Waals surface area contributed by atoms with Crippen molar-refractivity contribution in [3.63, 3.8) is 0 Å². The Hall–Kier alpha value is -0.980. The van der Waals surface area contributed by atoms with Gasteiger partial charge in [-0.1, -0.05) is 0 Å². The summed E-state index contributed by atoms with van der Waals surface area (Å²) in [6, 6.07) is 3.40. The lowest BCUT2D eigenvalue weighted by atomic mass is 10.3. The summed E-state index contributed by atoms with van der Waals surface area (Å²) >= 11 is 3.26. The van der Waals surface area contributed by atoms with Gasteiger partial charge in [-0.2, -0.15) is 0 Å². The number of aliphatic hydroxyl groups is 1. The van der Waals surface area contributed by atoms with Gasteiger partial charge in [0.2, 0.25) is 0 Å². The Labute approximate surface area is 109 Å². The van der Waals surface area contributed by atoms with Gasteiger partial charge in [0.05, 0.1) is 13.2 Å². The number of rotatable bonds is 6. The summed E-state index contributed by atoms with van der Waals surface area (Å²) in [6.45, 7) is 1.07. The van der Waals surface area contributed by atoms with Crippen molar-refractivity contribution in [3.05, 3.63) is 28.5 Å². The molecule has 1 N–H and O–H groups in total. The van der Waals surface area contributed by atoms with Gasteiger partial charge in [-0.25, -0.2) is 4.98 Å². The van der Waals surface area contributed by atoms with Crippen LogP contribution in [0.4, 0.5) is 0 Å². The fourth-order valence-corrected chi connectivity index (χ4v) is 1.54. The van der Waals surface area contributed by atoms with Gasteiger partial charge in [-0.15, -0.1) is 0 Å². The molecule has 0 atom stereocenters. The lowest BCUT2D eigenvalue weighted by molar-refractivity contribution is 0.0651. The smallest absolute Gasteiger partial charge is 0.272 e. The second-order valence-electron chi connectivity index (χ2n) is 3.37. The molecule has 0 aliphatic rings. The molecule has 17 heavy (non-hydrogen) atoms. The molecule has 0 bridgehead atoms. The van der Waals surface area contributed by atoms with Crippen LogP contribution in [0.15, 0.2) is 22.8 Å². The Bertz CT molecular complexity index is 356. The quantitative estimate of drug-likeness (QED) is 0.849. The molecule has 0 aliphatic carbocycles. The third-order valence-electron chi connectivity index (χ3n) is 2.17. The van der Waals surface area contributed by atoms with Gasteiger partial charge in [0, 0.05) is 30.9 Å². The fourth-order valence-electron chi connectivity index (χ4n) is 1.30. The standard InChI is InChI=1S/C11H15BrN2O3/c1-17-7-5-14(4-6-15)11(16)10-3-2-9(12)8-13-10/h2-3,8,15H,4-7H2,1H3. The first-order valence-electron chi connectivity index (χ1n) is 5.19. The van der Waals surface area contributed by atoms with Crippen LogP contribution in [0.25, 0.3) is 0 Å². The molecule has 6 heteroatoms. The minimum atomic E-state index is -0.205. The van der Waals surface area contributed by atoms with E-state index >= 15 is 0 Å². The summed E-state index contributed by atoms with van der Waals surface area (Å²) in [6.07, 6.45) is 1.57. The van der Waals surface area contributed by atoms with Crippen molar-refractivity contribution in [2.45, 2.75) is 0 Å². The number of aliphatic hydroxyl groups excluding tert-OH is 1. The highest BCUT2D eigenvalue weighted by Crippen LogP contribution is 2.09. The van der Waals surface area contributed by atoms with Crippen LogP contribution in [0, 0.1) is 0 Å². The van der Waals surface area contributed by atoms with Crippen molar-refractivity contribution in [2.24, 2.45) is 0 Å². The van der Waals surface area contributed by atoms with Gasteiger partial charge in [0.15, 0.2) is 0 Å². The molecule has 0 aromatic carbocycles. The van der Waals surface area contributed by atoms with Crippen molar-refractivity contribution >= 4 is 21.8 Å². The van der Waals surface area contributed by atoms with Crippen LogP contribution in [0.5, 0.6) is 0 Å². The zero-order valence-electron chi connectivity index (χ0n) is 9.60. The van der Waals surface area contributed by atoms with Crippen molar-refractivity contribution in [1.82, 2.24) is 9.88 Å². The van der Waals surface area contributed by atoms with E-state index in [0.29, 0.717) is 18.8 Å². The van der Waals surface area contributed by atoms with Crippen LogP contribution in [0.2, 0.25) is 0 Å². The van der Waals surface area contributed by atoms with Crippen LogP contribution >= 0.6 is 15.9 Å². The lowest BCUT2D eigenvalue weighted by Gasteiger charge is -2.20. The number of amides is 1. The third-order valence-corrected chi connectivity index (χ3v) is 2.64. The zero-order valence-corrected chi connectivity index (χ0v) is 11.2. The van der Waals surface area contributed by atoms with Crippen molar-refractivity contribution < 1.29 is 14.6 Å². The maximum atomic E-state index is 12.0.